The van der Waals surface area contributed by atoms with E-state index < -0.39 is 0 Å². The molecule has 0 N–H and O–H groups in total. The van der Waals surface area contributed by atoms with Crippen molar-refractivity contribution >= 4 is 10.9 Å². The van der Waals surface area contributed by atoms with E-state index in [4.69, 9.17) is 4.74 Å². The van der Waals surface area contributed by atoms with Crippen LogP contribution in [0.5, 0.6) is 0 Å². The predicted molar refractivity (Wildman–Crippen MR) is 111 cm³/mol. The standard InChI is InChI=1S/C22H18N6O2/c29-22-21-20(24-28(22)13-17-14-30-17)18-4-1-2-5-19(18)27(25-21)12-15-6-8-16(9-7-15)26-11-3-10-23-26/h1-11,17H,12-14H2. The summed E-state index contributed by atoms with van der Waals surface area (Å²) in [5.74, 6) is 0. The molecule has 4 heterocycles. The van der Waals surface area contributed by atoms with Gasteiger partial charge < -0.3 is 4.74 Å². The Morgan fingerprint density at radius 1 is 0.967 bits per heavy atom. The van der Waals surface area contributed by atoms with Crippen LogP contribution in [0.1, 0.15) is 5.56 Å². The molecule has 3 aliphatic rings. The highest BCUT2D eigenvalue weighted by molar-refractivity contribution is 5.91. The van der Waals surface area contributed by atoms with Crippen molar-refractivity contribution in [3.8, 4) is 17.1 Å². The van der Waals surface area contributed by atoms with E-state index in [1.807, 2.05) is 58.0 Å². The third-order valence-corrected chi connectivity index (χ3v) is 5.36. The Morgan fingerprint density at radius 3 is 2.53 bits per heavy atom. The molecule has 0 saturated carbocycles. The zero-order valence-corrected chi connectivity index (χ0v) is 16.0. The molecular formula is C22H18N6O2. The van der Waals surface area contributed by atoms with Gasteiger partial charge in [0.25, 0.3) is 5.56 Å². The fourth-order valence-electron chi connectivity index (χ4n) is 3.74. The van der Waals surface area contributed by atoms with Gasteiger partial charge in [-0.05, 0) is 29.8 Å². The summed E-state index contributed by atoms with van der Waals surface area (Å²) in [5.41, 5.74) is 3.87. The molecular weight excluding hydrogens is 380 g/mol. The van der Waals surface area contributed by atoms with E-state index in [-0.39, 0.29) is 11.7 Å². The molecule has 30 heavy (non-hydrogen) atoms. The van der Waals surface area contributed by atoms with Crippen LogP contribution in [0.15, 0.2) is 71.8 Å². The number of hydrogen-bond donors (Lipinski definition) is 0. The van der Waals surface area contributed by atoms with Crippen LogP contribution in [0.3, 0.4) is 0 Å². The third kappa shape index (κ3) is 2.89. The highest BCUT2D eigenvalue weighted by Crippen LogP contribution is 2.26. The molecule has 3 aromatic rings. The van der Waals surface area contributed by atoms with Crippen LogP contribution in [0.25, 0.3) is 28.0 Å². The minimum absolute atomic E-state index is 0.0821. The molecule has 0 bridgehead atoms. The van der Waals surface area contributed by atoms with Gasteiger partial charge in [-0.15, -0.1) is 0 Å². The molecule has 6 rings (SSSR count). The maximum Gasteiger partial charge on any atom is 0.296 e. The van der Waals surface area contributed by atoms with E-state index in [2.05, 4.69) is 27.4 Å². The van der Waals surface area contributed by atoms with Gasteiger partial charge in [0.1, 0.15) is 11.8 Å². The Bertz CT molecular complexity index is 1360. The molecule has 0 spiro atoms. The second-order valence-corrected chi connectivity index (χ2v) is 7.43. The molecule has 8 nitrogen and oxygen atoms in total. The molecule has 0 aliphatic carbocycles. The third-order valence-electron chi connectivity index (χ3n) is 5.36. The average molecular weight is 398 g/mol. The van der Waals surface area contributed by atoms with Crippen LogP contribution >= 0.6 is 0 Å². The van der Waals surface area contributed by atoms with Crippen molar-refractivity contribution in [3.63, 3.8) is 0 Å². The lowest BCUT2D eigenvalue weighted by Gasteiger charge is -2.12. The van der Waals surface area contributed by atoms with Gasteiger partial charge in [-0.2, -0.15) is 15.3 Å². The first kappa shape index (κ1) is 17.1. The lowest BCUT2D eigenvalue weighted by atomic mass is 10.1. The Balaban J connectivity index is 1.43. The molecule has 1 atom stereocenters. The number of rotatable bonds is 5. The number of hydrogen-bond acceptors (Lipinski definition) is 5. The van der Waals surface area contributed by atoms with Crippen LogP contribution in [0.4, 0.5) is 0 Å². The quantitative estimate of drug-likeness (QED) is 0.424. The second-order valence-electron chi connectivity index (χ2n) is 7.43. The van der Waals surface area contributed by atoms with Gasteiger partial charge >= 0.3 is 0 Å². The van der Waals surface area contributed by atoms with Gasteiger partial charge in [0.15, 0.2) is 5.69 Å². The molecule has 0 radical (unpaired) electrons. The van der Waals surface area contributed by atoms with E-state index in [1.165, 1.54) is 4.68 Å². The maximum atomic E-state index is 12.9. The number of aromatic nitrogens is 6. The summed E-state index contributed by atoms with van der Waals surface area (Å²) in [7, 11) is 0. The van der Waals surface area contributed by atoms with Crippen molar-refractivity contribution in [2.75, 3.05) is 6.61 Å². The lowest BCUT2D eigenvalue weighted by Crippen LogP contribution is -2.21. The Morgan fingerprint density at radius 2 is 1.77 bits per heavy atom. The topological polar surface area (TPSA) is 83.1 Å². The van der Waals surface area contributed by atoms with Gasteiger partial charge in [-0.25, -0.2) is 9.36 Å². The van der Waals surface area contributed by atoms with Crippen LogP contribution in [0, 0.1) is 0 Å². The van der Waals surface area contributed by atoms with Crippen molar-refractivity contribution in [1.29, 1.82) is 0 Å². The number of epoxide rings is 1. The molecule has 1 aromatic heterocycles. The van der Waals surface area contributed by atoms with Crippen molar-refractivity contribution in [3.05, 3.63) is 82.9 Å². The van der Waals surface area contributed by atoms with Crippen LogP contribution in [0.2, 0.25) is 0 Å². The molecule has 1 unspecified atom stereocenters. The Hall–Kier alpha value is -3.78. The predicted octanol–water partition coefficient (Wildman–Crippen LogP) is 2.33. The largest absolute Gasteiger partial charge is 0.371 e. The van der Waals surface area contributed by atoms with Crippen LogP contribution < -0.4 is 5.56 Å². The molecule has 0 amide bonds. The summed E-state index contributed by atoms with van der Waals surface area (Å²) < 4.78 is 10.4. The highest BCUT2D eigenvalue weighted by atomic mass is 16.6. The molecule has 3 aliphatic heterocycles. The monoisotopic (exact) mass is 398 g/mol. The molecule has 1 saturated heterocycles. The lowest BCUT2D eigenvalue weighted by molar-refractivity contribution is 0.371. The van der Waals surface area contributed by atoms with Crippen molar-refractivity contribution in [2.45, 2.75) is 19.2 Å². The van der Waals surface area contributed by atoms with Gasteiger partial charge in [0, 0.05) is 17.8 Å². The van der Waals surface area contributed by atoms with Gasteiger partial charge in [0.2, 0.25) is 0 Å². The van der Waals surface area contributed by atoms with Crippen molar-refractivity contribution in [2.24, 2.45) is 0 Å². The summed E-state index contributed by atoms with van der Waals surface area (Å²) in [6.07, 6.45) is 3.75. The first-order chi connectivity index (χ1) is 14.8. The normalized spacial score (nSPS) is 15.8. The number of nitrogens with zero attached hydrogens (tertiary/aromatic N) is 6. The summed E-state index contributed by atoms with van der Waals surface area (Å²) >= 11 is 0. The number of para-hydroxylation sites is 1. The summed E-state index contributed by atoms with van der Waals surface area (Å²) in [6.45, 7) is 1.70. The first-order valence-corrected chi connectivity index (χ1v) is 9.83. The number of fused-ring (bicyclic) bond motifs is 3. The van der Waals surface area contributed by atoms with E-state index in [0.717, 1.165) is 22.2 Å². The summed E-state index contributed by atoms with van der Waals surface area (Å²) in [6, 6.07) is 18.0. The fraction of sp³-hybridized carbons (Fsp3) is 0.182. The molecule has 2 aromatic carbocycles. The van der Waals surface area contributed by atoms with Gasteiger partial charge in [-0.1, -0.05) is 30.3 Å². The molecule has 148 valence electrons. The zero-order chi connectivity index (χ0) is 20.1. The highest BCUT2D eigenvalue weighted by Gasteiger charge is 2.28. The summed E-state index contributed by atoms with van der Waals surface area (Å²) in [5, 5.41) is 14.4. The van der Waals surface area contributed by atoms with Crippen LogP contribution in [-0.2, 0) is 17.8 Å². The Kier molecular flexibility index (Phi) is 3.78. The summed E-state index contributed by atoms with van der Waals surface area (Å²) in [4.78, 5) is 12.9. The fourth-order valence-corrected chi connectivity index (χ4v) is 3.74. The van der Waals surface area contributed by atoms with E-state index in [9.17, 15) is 4.79 Å². The molecule has 8 heteroatoms. The first-order valence-electron chi connectivity index (χ1n) is 9.83. The van der Waals surface area contributed by atoms with E-state index in [0.29, 0.717) is 31.1 Å². The SMILES string of the molecule is O=c1c2nn(Cc3ccc(-n4cccn4)cc3)c3ccccc3c-2nn1CC1CO1. The van der Waals surface area contributed by atoms with Gasteiger partial charge in [0.05, 0.1) is 30.9 Å². The second kappa shape index (κ2) is 6.64. The number of benzene rings is 2. The van der Waals surface area contributed by atoms with Crippen molar-refractivity contribution < 1.29 is 4.74 Å². The minimum Gasteiger partial charge on any atom is -0.371 e. The molecule has 1 fully saturated rings. The van der Waals surface area contributed by atoms with Crippen molar-refractivity contribution in [1.82, 2.24) is 29.3 Å². The van der Waals surface area contributed by atoms with Crippen LogP contribution in [-0.4, -0.2) is 42.1 Å². The zero-order valence-electron chi connectivity index (χ0n) is 16.0. The van der Waals surface area contributed by atoms with E-state index in [1.54, 1.807) is 6.20 Å². The average Bonchev–Trinajstić information content (AvgIpc) is 3.31. The maximum absolute atomic E-state index is 12.9. The number of ether oxygens (including phenoxy) is 1. The van der Waals surface area contributed by atoms with Gasteiger partial charge in [-0.3, -0.25) is 9.48 Å². The minimum atomic E-state index is -0.172. The van der Waals surface area contributed by atoms with E-state index >= 15 is 0 Å². The smallest absolute Gasteiger partial charge is 0.296 e. The Labute approximate surface area is 171 Å².